The summed E-state index contributed by atoms with van der Waals surface area (Å²) in [5.41, 5.74) is 1.18. The van der Waals surface area contributed by atoms with E-state index >= 15 is 0 Å². The summed E-state index contributed by atoms with van der Waals surface area (Å²) in [5.74, 6) is 1.13. The van der Waals surface area contributed by atoms with E-state index in [2.05, 4.69) is 9.97 Å². The van der Waals surface area contributed by atoms with Crippen molar-refractivity contribution >= 4 is 15.9 Å². The molecule has 1 aliphatic carbocycles. The van der Waals surface area contributed by atoms with Crippen LogP contribution in [0.25, 0.3) is 11.5 Å². The van der Waals surface area contributed by atoms with Gasteiger partial charge in [0.2, 0.25) is 15.9 Å². The van der Waals surface area contributed by atoms with Gasteiger partial charge in [0, 0.05) is 50.1 Å². The Kier molecular flexibility index (Phi) is 5.07. The summed E-state index contributed by atoms with van der Waals surface area (Å²) >= 11 is 0. The number of pyridine rings is 1. The molecule has 0 bridgehead atoms. The second-order valence-electron chi connectivity index (χ2n) is 7.76. The molecular weight excluding hydrogens is 416 g/mol. The van der Waals surface area contributed by atoms with Gasteiger partial charge in [0.05, 0.1) is 0 Å². The third kappa shape index (κ3) is 3.86. The van der Waals surface area contributed by atoms with Crippen LogP contribution in [0.15, 0.2) is 64.2 Å². The zero-order valence-electron chi connectivity index (χ0n) is 16.8. The third-order valence-corrected chi connectivity index (χ3v) is 7.51. The number of sulfonamides is 1. The zero-order chi connectivity index (χ0) is 21.4. The molecule has 0 spiro atoms. The molecule has 3 heterocycles. The second-order valence-corrected chi connectivity index (χ2v) is 9.70. The van der Waals surface area contributed by atoms with Crippen LogP contribution in [0.5, 0.6) is 0 Å². The highest BCUT2D eigenvalue weighted by Gasteiger charge is 2.37. The molecule has 3 aromatic rings. The van der Waals surface area contributed by atoms with E-state index < -0.39 is 10.0 Å². The highest BCUT2D eigenvalue weighted by Crippen LogP contribution is 2.43. The van der Waals surface area contributed by atoms with E-state index in [1.807, 2.05) is 30.3 Å². The fraction of sp³-hybridized carbons (Fsp3) is 0.318. The van der Waals surface area contributed by atoms with Gasteiger partial charge < -0.3 is 9.32 Å². The molecule has 9 heteroatoms. The first-order chi connectivity index (χ1) is 15.0. The van der Waals surface area contributed by atoms with Crippen molar-refractivity contribution in [2.75, 3.05) is 26.2 Å². The smallest absolute Gasteiger partial charge is 0.276 e. The van der Waals surface area contributed by atoms with Crippen LogP contribution < -0.4 is 0 Å². The van der Waals surface area contributed by atoms with Crippen molar-refractivity contribution in [1.29, 1.82) is 0 Å². The van der Waals surface area contributed by atoms with Gasteiger partial charge in [-0.3, -0.25) is 9.78 Å². The van der Waals surface area contributed by atoms with E-state index in [-0.39, 0.29) is 29.8 Å². The Balaban J connectivity index is 1.34. The van der Waals surface area contributed by atoms with E-state index in [0.29, 0.717) is 30.4 Å². The summed E-state index contributed by atoms with van der Waals surface area (Å²) < 4.78 is 33.0. The van der Waals surface area contributed by atoms with Gasteiger partial charge in [-0.1, -0.05) is 18.2 Å². The normalized spacial score (nSPS) is 17.6. The van der Waals surface area contributed by atoms with Gasteiger partial charge in [-0.2, -0.15) is 4.31 Å². The average Bonchev–Trinajstić information content (AvgIpc) is 3.58. The summed E-state index contributed by atoms with van der Waals surface area (Å²) in [6, 6.07) is 12.7. The van der Waals surface area contributed by atoms with Crippen LogP contribution in [0.4, 0.5) is 0 Å². The minimum atomic E-state index is -3.62. The lowest BCUT2D eigenvalue weighted by Crippen LogP contribution is -2.50. The van der Waals surface area contributed by atoms with Crippen molar-refractivity contribution in [3.8, 4) is 11.5 Å². The second kappa shape index (κ2) is 7.90. The van der Waals surface area contributed by atoms with Crippen molar-refractivity contribution in [3.05, 3.63) is 66.3 Å². The molecule has 1 amide bonds. The number of aromatic nitrogens is 2. The number of hydrogen-bond donors (Lipinski definition) is 0. The minimum Gasteiger partial charge on any atom is -0.440 e. The van der Waals surface area contributed by atoms with E-state index in [1.54, 1.807) is 11.0 Å². The predicted molar refractivity (Wildman–Crippen MR) is 113 cm³/mol. The van der Waals surface area contributed by atoms with E-state index in [9.17, 15) is 13.2 Å². The Morgan fingerprint density at radius 2 is 1.74 bits per heavy atom. The van der Waals surface area contributed by atoms with E-state index in [4.69, 9.17) is 4.42 Å². The molecule has 5 rings (SSSR count). The van der Waals surface area contributed by atoms with Gasteiger partial charge in [-0.15, -0.1) is 0 Å². The fourth-order valence-electron chi connectivity index (χ4n) is 3.74. The Morgan fingerprint density at radius 1 is 1.00 bits per heavy atom. The predicted octanol–water partition coefficient (Wildman–Crippen LogP) is 2.76. The monoisotopic (exact) mass is 438 g/mol. The highest BCUT2D eigenvalue weighted by atomic mass is 32.2. The van der Waals surface area contributed by atoms with Crippen LogP contribution in [0.2, 0.25) is 0 Å². The first kappa shape index (κ1) is 19.9. The largest absolute Gasteiger partial charge is 0.440 e. The fourth-order valence-corrected chi connectivity index (χ4v) is 5.13. The summed E-state index contributed by atoms with van der Waals surface area (Å²) in [6.07, 6.45) is 4.85. The summed E-state index contributed by atoms with van der Waals surface area (Å²) in [5, 5.41) is 0. The molecule has 0 unspecified atom stereocenters. The van der Waals surface area contributed by atoms with Crippen LogP contribution in [0, 0.1) is 0 Å². The first-order valence-electron chi connectivity index (χ1n) is 10.3. The number of carbonyl (C=O) groups excluding carboxylic acids is 1. The number of amides is 1. The molecule has 2 aromatic heterocycles. The number of hydrogen-bond acceptors (Lipinski definition) is 6. The molecule has 0 N–H and O–H groups in total. The molecule has 1 saturated heterocycles. The lowest BCUT2D eigenvalue weighted by Gasteiger charge is -2.33. The summed E-state index contributed by atoms with van der Waals surface area (Å²) in [7, 11) is -3.62. The van der Waals surface area contributed by atoms with Crippen LogP contribution >= 0.6 is 0 Å². The maximum absolute atomic E-state index is 13.2. The number of carbonyl (C=O) groups is 1. The van der Waals surface area contributed by atoms with Gasteiger partial charge in [-0.05, 0) is 37.1 Å². The number of benzene rings is 1. The molecule has 160 valence electrons. The average molecular weight is 439 g/mol. The van der Waals surface area contributed by atoms with Crippen molar-refractivity contribution in [2.24, 2.45) is 0 Å². The Bertz CT molecular complexity index is 1180. The van der Waals surface area contributed by atoms with Crippen molar-refractivity contribution in [1.82, 2.24) is 19.2 Å². The molecule has 2 fully saturated rings. The maximum atomic E-state index is 13.2. The Hall–Kier alpha value is -3.04. The molecule has 31 heavy (non-hydrogen) atoms. The molecular formula is C22H22N4O4S. The van der Waals surface area contributed by atoms with Crippen molar-refractivity contribution < 1.29 is 17.6 Å². The number of piperazine rings is 1. The zero-order valence-corrected chi connectivity index (χ0v) is 17.7. The highest BCUT2D eigenvalue weighted by molar-refractivity contribution is 7.89. The molecule has 1 aromatic carbocycles. The Labute approximate surface area is 180 Å². The van der Waals surface area contributed by atoms with Crippen molar-refractivity contribution in [2.45, 2.75) is 23.7 Å². The Morgan fingerprint density at radius 3 is 2.39 bits per heavy atom. The molecule has 2 aliphatic rings. The SMILES string of the molecule is O=C(c1nc(-c2ccccc2)oc1C1CC1)N1CCN(S(=O)(=O)c2cccnc2)CC1. The lowest BCUT2D eigenvalue weighted by atomic mass is 10.2. The van der Waals surface area contributed by atoms with Crippen LogP contribution in [-0.2, 0) is 10.0 Å². The lowest BCUT2D eigenvalue weighted by molar-refractivity contribution is 0.0690. The van der Waals surface area contributed by atoms with Gasteiger partial charge in [-0.25, -0.2) is 13.4 Å². The standard InChI is InChI=1S/C22H22N4O4S/c27-22(19-20(16-8-9-16)30-21(24-19)17-5-2-1-3-6-17)25-11-13-26(14-12-25)31(28,29)18-7-4-10-23-15-18/h1-7,10,15-16H,8-9,11-14H2. The van der Waals surface area contributed by atoms with Crippen LogP contribution in [-0.4, -0.2) is 59.7 Å². The minimum absolute atomic E-state index is 0.162. The number of nitrogens with zero attached hydrogens (tertiary/aromatic N) is 4. The van der Waals surface area contributed by atoms with Crippen LogP contribution in [0.3, 0.4) is 0 Å². The topological polar surface area (TPSA) is 96.6 Å². The van der Waals surface area contributed by atoms with E-state index in [1.165, 1.54) is 22.8 Å². The number of oxazole rings is 1. The molecule has 8 nitrogen and oxygen atoms in total. The van der Waals surface area contributed by atoms with Gasteiger partial charge in [0.1, 0.15) is 10.7 Å². The number of rotatable bonds is 5. The van der Waals surface area contributed by atoms with Gasteiger partial charge in [0.25, 0.3) is 5.91 Å². The quantitative estimate of drug-likeness (QED) is 0.608. The van der Waals surface area contributed by atoms with E-state index in [0.717, 1.165) is 18.4 Å². The van der Waals surface area contributed by atoms with Gasteiger partial charge in [0.15, 0.2) is 5.69 Å². The van der Waals surface area contributed by atoms with Gasteiger partial charge >= 0.3 is 0 Å². The van der Waals surface area contributed by atoms with Crippen molar-refractivity contribution in [3.63, 3.8) is 0 Å². The first-order valence-corrected chi connectivity index (χ1v) is 11.7. The summed E-state index contributed by atoms with van der Waals surface area (Å²) in [4.78, 5) is 23.5. The molecule has 0 atom stereocenters. The molecule has 0 radical (unpaired) electrons. The molecule has 1 saturated carbocycles. The van der Waals surface area contributed by atoms with Crippen LogP contribution in [0.1, 0.15) is 35.0 Å². The maximum Gasteiger partial charge on any atom is 0.276 e. The third-order valence-electron chi connectivity index (χ3n) is 5.62. The molecule has 1 aliphatic heterocycles. The summed E-state index contributed by atoms with van der Waals surface area (Å²) in [6.45, 7) is 1.06.